The number of carbonyl (C=O) groups is 1. The molecule has 0 aromatic heterocycles. The molecule has 1 amide bonds. The van der Waals surface area contributed by atoms with E-state index < -0.39 is 10.0 Å². The molecule has 32 heavy (non-hydrogen) atoms. The number of hydrogen-bond donors (Lipinski definition) is 2. The third kappa shape index (κ3) is 5.79. The van der Waals surface area contributed by atoms with Gasteiger partial charge in [-0.2, -0.15) is 0 Å². The molecular formula is C24H26N2O5S. The molecule has 0 saturated heterocycles. The van der Waals surface area contributed by atoms with Gasteiger partial charge in [-0.1, -0.05) is 30.3 Å². The number of rotatable bonds is 9. The zero-order chi connectivity index (χ0) is 23.1. The van der Waals surface area contributed by atoms with Crippen LogP contribution in [0.3, 0.4) is 0 Å². The Hall–Kier alpha value is -3.52. The fraction of sp³-hybridized carbons (Fsp3) is 0.208. The van der Waals surface area contributed by atoms with Crippen molar-refractivity contribution in [3.05, 3.63) is 77.9 Å². The van der Waals surface area contributed by atoms with E-state index in [4.69, 9.17) is 9.47 Å². The van der Waals surface area contributed by atoms with Gasteiger partial charge in [0.25, 0.3) is 15.9 Å². The summed E-state index contributed by atoms with van der Waals surface area (Å²) in [6.07, 6.45) is 0. The van der Waals surface area contributed by atoms with E-state index in [0.717, 1.165) is 11.1 Å². The average molecular weight is 455 g/mol. The van der Waals surface area contributed by atoms with Crippen molar-refractivity contribution in [3.8, 4) is 11.5 Å². The van der Waals surface area contributed by atoms with Gasteiger partial charge in [0, 0.05) is 5.69 Å². The molecule has 0 saturated carbocycles. The third-order valence-corrected chi connectivity index (χ3v) is 6.04. The molecule has 168 valence electrons. The maximum atomic E-state index is 12.8. The van der Waals surface area contributed by atoms with Crippen molar-refractivity contribution in [2.24, 2.45) is 0 Å². The molecule has 0 aliphatic heterocycles. The number of nitrogens with one attached hydrogen (secondary N) is 2. The van der Waals surface area contributed by atoms with E-state index in [-0.39, 0.29) is 17.4 Å². The Bertz CT molecular complexity index is 1170. The average Bonchev–Trinajstić information content (AvgIpc) is 2.76. The lowest BCUT2D eigenvalue weighted by Crippen LogP contribution is -2.20. The predicted molar refractivity (Wildman–Crippen MR) is 125 cm³/mol. The first kappa shape index (κ1) is 23.1. The number of amides is 1. The van der Waals surface area contributed by atoms with Gasteiger partial charge in [0.2, 0.25) is 0 Å². The molecule has 7 nitrogen and oxygen atoms in total. The molecule has 0 fully saturated rings. The molecule has 0 aliphatic rings. The van der Waals surface area contributed by atoms with Crippen LogP contribution in [0.2, 0.25) is 0 Å². The van der Waals surface area contributed by atoms with E-state index in [2.05, 4.69) is 10.0 Å². The van der Waals surface area contributed by atoms with Gasteiger partial charge in [0.1, 0.15) is 0 Å². The van der Waals surface area contributed by atoms with Crippen LogP contribution >= 0.6 is 0 Å². The van der Waals surface area contributed by atoms with Crippen molar-refractivity contribution < 1.29 is 22.7 Å². The molecule has 3 rings (SSSR count). The molecule has 0 aliphatic carbocycles. The molecule has 2 N–H and O–H groups in total. The quantitative estimate of drug-likeness (QED) is 0.496. The Labute approximate surface area is 188 Å². The van der Waals surface area contributed by atoms with Crippen molar-refractivity contribution in [1.29, 1.82) is 0 Å². The van der Waals surface area contributed by atoms with E-state index >= 15 is 0 Å². The molecule has 0 bridgehead atoms. The van der Waals surface area contributed by atoms with Gasteiger partial charge in [-0.15, -0.1) is 0 Å². The van der Waals surface area contributed by atoms with Crippen molar-refractivity contribution in [3.63, 3.8) is 0 Å². The molecule has 0 unspecified atom stereocenters. The standard InChI is InChI=1S/C24H26N2O5S/c1-4-30-21-10-5-6-11-22(21)31-16-23(27)25-19-12-14-20(15-13-19)32(28,29)26-24-17(2)8-7-9-18(24)3/h5-15,26H,4,16H2,1-3H3,(H,25,27). The van der Waals surface area contributed by atoms with Crippen LogP contribution in [0.5, 0.6) is 11.5 Å². The number of para-hydroxylation sites is 3. The zero-order valence-corrected chi connectivity index (χ0v) is 19.0. The third-order valence-electron chi connectivity index (χ3n) is 4.67. The van der Waals surface area contributed by atoms with Gasteiger partial charge in [0.15, 0.2) is 18.1 Å². The minimum absolute atomic E-state index is 0.0973. The molecule has 0 heterocycles. The number of hydrogen-bond acceptors (Lipinski definition) is 5. The number of sulfonamides is 1. The van der Waals surface area contributed by atoms with Crippen molar-refractivity contribution in [2.45, 2.75) is 25.7 Å². The minimum Gasteiger partial charge on any atom is -0.490 e. The number of anilines is 2. The van der Waals surface area contributed by atoms with Crippen LogP contribution in [0.4, 0.5) is 11.4 Å². The Morgan fingerprint density at radius 1 is 0.844 bits per heavy atom. The first-order chi connectivity index (χ1) is 15.3. The molecular weight excluding hydrogens is 428 g/mol. The monoisotopic (exact) mass is 454 g/mol. The Kier molecular flexibility index (Phi) is 7.37. The molecule has 0 atom stereocenters. The SMILES string of the molecule is CCOc1ccccc1OCC(=O)Nc1ccc(S(=O)(=O)Nc2c(C)cccc2C)cc1. The minimum atomic E-state index is -3.76. The van der Waals surface area contributed by atoms with Crippen LogP contribution in [0.25, 0.3) is 0 Å². The van der Waals surface area contributed by atoms with Gasteiger partial charge < -0.3 is 14.8 Å². The highest BCUT2D eigenvalue weighted by Gasteiger charge is 2.17. The fourth-order valence-corrected chi connectivity index (χ4v) is 4.27. The van der Waals surface area contributed by atoms with E-state index in [0.29, 0.717) is 29.5 Å². The summed E-state index contributed by atoms with van der Waals surface area (Å²) in [5.74, 6) is 0.665. The summed E-state index contributed by atoms with van der Waals surface area (Å²) < 4.78 is 39.2. The smallest absolute Gasteiger partial charge is 0.262 e. The van der Waals surface area contributed by atoms with E-state index in [1.54, 1.807) is 18.2 Å². The summed E-state index contributed by atoms with van der Waals surface area (Å²) in [6, 6.07) is 18.6. The van der Waals surface area contributed by atoms with Crippen LogP contribution < -0.4 is 19.5 Å². The lowest BCUT2D eigenvalue weighted by atomic mass is 10.1. The highest BCUT2D eigenvalue weighted by Crippen LogP contribution is 2.26. The second-order valence-corrected chi connectivity index (χ2v) is 8.80. The summed E-state index contributed by atoms with van der Waals surface area (Å²) in [7, 11) is -3.76. The largest absolute Gasteiger partial charge is 0.490 e. The molecule has 0 radical (unpaired) electrons. The highest BCUT2D eigenvalue weighted by molar-refractivity contribution is 7.92. The number of carbonyl (C=O) groups excluding carboxylic acids is 1. The van der Waals surface area contributed by atoms with Crippen molar-refractivity contribution in [2.75, 3.05) is 23.3 Å². The van der Waals surface area contributed by atoms with Crippen molar-refractivity contribution >= 4 is 27.3 Å². The number of aryl methyl sites for hydroxylation is 2. The van der Waals surface area contributed by atoms with Crippen LogP contribution in [0.15, 0.2) is 71.6 Å². The van der Waals surface area contributed by atoms with E-state index in [1.165, 1.54) is 24.3 Å². The zero-order valence-electron chi connectivity index (χ0n) is 18.2. The lowest BCUT2D eigenvalue weighted by Gasteiger charge is -2.14. The summed E-state index contributed by atoms with van der Waals surface area (Å²) in [5, 5.41) is 2.69. The van der Waals surface area contributed by atoms with Crippen LogP contribution in [-0.4, -0.2) is 27.5 Å². The maximum Gasteiger partial charge on any atom is 0.262 e. The predicted octanol–water partition coefficient (Wildman–Crippen LogP) is 4.52. The molecule has 8 heteroatoms. The fourth-order valence-electron chi connectivity index (χ4n) is 3.07. The Morgan fingerprint density at radius 2 is 1.44 bits per heavy atom. The van der Waals surface area contributed by atoms with Gasteiger partial charge >= 0.3 is 0 Å². The van der Waals surface area contributed by atoms with Gasteiger partial charge in [-0.05, 0) is 68.3 Å². The summed E-state index contributed by atoms with van der Waals surface area (Å²) in [4.78, 5) is 12.3. The maximum absolute atomic E-state index is 12.8. The van der Waals surface area contributed by atoms with Gasteiger partial charge in [0.05, 0.1) is 17.2 Å². The van der Waals surface area contributed by atoms with E-state index in [1.807, 2.05) is 45.0 Å². The van der Waals surface area contributed by atoms with Crippen LogP contribution in [0.1, 0.15) is 18.1 Å². The second kappa shape index (κ2) is 10.2. The number of ether oxygens (including phenoxy) is 2. The second-order valence-electron chi connectivity index (χ2n) is 7.11. The van der Waals surface area contributed by atoms with Crippen LogP contribution in [-0.2, 0) is 14.8 Å². The van der Waals surface area contributed by atoms with Gasteiger partial charge in [-0.3, -0.25) is 9.52 Å². The Morgan fingerprint density at radius 3 is 2.03 bits per heavy atom. The summed E-state index contributed by atoms with van der Waals surface area (Å²) in [5.41, 5.74) is 2.70. The molecule has 0 spiro atoms. The Balaban J connectivity index is 1.62. The first-order valence-corrected chi connectivity index (χ1v) is 11.6. The van der Waals surface area contributed by atoms with Crippen LogP contribution in [0, 0.1) is 13.8 Å². The number of benzene rings is 3. The summed E-state index contributed by atoms with van der Waals surface area (Å²) in [6.45, 7) is 5.83. The highest BCUT2D eigenvalue weighted by atomic mass is 32.2. The van der Waals surface area contributed by atoms with Gasteiger partial charge in [-0.25, -0.2) is 8.42 Å². The van der Waals surface area contributed by atoms with Crippen molar-refractivity contribution in [1.82, 2.24) is 0 Å². The normalized spacial score (nSPS) is 11.0. The lowest BCUT2D eigenvalue weighted by molar-refractivity contribution is -0.118. The first-order valence-electron chi connectivity index (χ1n) is 10.1. The molecule has 3 aromatic rings. The summed E-state index contributed by atoms with van der Waals surface area (Å²) >= 11 is 0. The topological polar surface area (TPSA) is 93.7 Å². The molecule has 3 aromatic carbocycles. The van der Waals surface area contributed by atoms with E-state index in [9.17, 15) is 13.2 Å².